The zero-order chi connectivity index (χ0) is 27.6. The molecule has 1 saturated heterocycles. The average Bonchev–Trinajstić information content (AvgIpc) is 3.31. The van der Waals surface area contributed by atoms with Gasteiger partial charge in [-0.2, -0.15) is 4.31 Å². The molecular weight excluding hydrogens is 534 g/mol. The first-order valence-electron chi connectivity index (χ1n) is 13.2. The molecule has 0 aliphatic carbocycles. The zero-order valence-corrected chi connectivity index (χ0v) is 23.9. The van der Waals surface area contributed by atoms with Gasteiger partial charge in [-0.25, -0.2) is 8.42 Å². The van der Waals surface area contributed by atoms with Gasteiger partial charge in [0, 0.05) is 48.0 Å². The van der Waals surface area contributed by atoms with E-state index in [1.165, 1.54) is 0 Å². The highest BCUT2D eigenvalue weighted by atomic mass is 35.5. The Morgan fingerprint density at radius 2 is 1.97 bits per heavy atom. The highest BCUT2D eigenvalue weighted by Gasteiger charge is 2.29. The molecule has 3 heterocycles. The Kier molecular flexibility index (Phi) is 8.40. The zero-order valence-electron chi connectivity index (χ0n) is 22.2. The molecule has 2 aromatic carbocycles. The molecule has 1 fully saturated rings. The van der Waals surface area contributed by atoms with Crippen LogP contribution in [0.3, 0.4) is 0 Å². The van der Waals surface area contributed by atoms with Crippen LogP contribution in [0.4, 0.5) is 0 Å². The minimum Gasteiger partial charge on any atom is -0.487 e. The standard InChI is InChI=1S/C30H34ClN3O4S/c1-30(2,35)22-9-12-29-27(17-22)25(26-5-3-14-32-28(26)20-38-29)6-4-15-33-16-13-24(19-33)34(39(36)37)18-21-7-10-23(31)11-8-21/h3,5-12,14,17,24,35,39H,4,13,15-16,18-20H2,1-2H3/b25-6+/t24-/m0/s1. The second-order valence-electron chi connectivity index (χ2n) is 10.7. The Hall–Kier alpha value is -2.75. The van der Waals surface area contributed by atoms with Gasteiger partial charge in [0.2, 0.25) is 10.9 Å². The van der Waals surface area contributed by atoms with E-state index >= 15 is 0 Å². The summed E-state index contributed by atoms with van der Waals surface area (Å²) in [7, 11) is -2.70. The van der Waals surface area contributed by atoms with Crippen molar-refractivity contribution in [2.24, 2.45) is 0 Å². The number of hydrogen-bond donors (Lipinski definition) is 2. The first-order chi connectivity index (χ1) is 18.7. The fourth-order valence-electron chi connectivity index (χ4n) is 5.30. The second-order valence-corrected chi connectivity index (χ2v) is 12.1. The van der Waals surface area contributed by atoms with E-state index in [0.717, 1.165) is 65.2 Å². The Bertz CT molecular complexity index is 1420. The lowest BCUT2D eigenvalue weighted by Gasteiger charge is -2.23. The third-order valence-corrected chi connectivity index (χ3v) is 8.59. The smallest absolute Gasteiger partial charge is 0.204 e. The van der Waals surface area contributed by atoms with Gasteiger partial charge in [-0.1, -0.05) is 41.9 Å². The average molecular weight is 568 g/mol. The van der Waals surface area contributed by atoms with Gasteiger partial charge in [-0.3, -0.25) is 4.98 Å². The number of thiol groups is 1. The van der Waals surface area contributed by atoms with Crippen molar-refractivity contribution in [3.63, 3.8) is 0 Å². The SMILES string of the molecule is CC(C)(O)c1ccc2c(c1)/C(=C/CCN1CC[C@H](N(Cc3ccc(Cl)cc3)[SH](=O)=O)C1)c1cccnc1CO2. The topological polar surface area (TPSA) is 83.0 Å². The third-order valence-electron chi connectivity index (χ3n) is 7.45. The lowest BCUT2D eigenvalue weighted by molar-refractivity contribution is 0.0785. The number of hydrogen-bond acceptors (Lipinski definition) is 6. The van der Waals surface area contributed by atoms with Gasteiger partial charge >= 0.3 is 0 Å². The summed E-state index contributed by atoms with van der Waals surface area (Å²) in [6.07, 6.45) is 5.57. The van der Waals surface area contributed by atoms with Crippen molar-refractivity contribution < 1.29 is 18.3 Å². The predicted octanol–water partition coefficient (Wildman–Crippen LogP) is 4.78. The quantitative estimate of drug-likeness (QED) is 0.381. The van der Waals surface area contributed by atoms with Crippen molar-refractivity contribution in [3.05, 3.63) is 99.8 Å². The molecule has 1 atom stereocenters. The van der Waals surface area contributed by atoms with E-state index < -0.39 is 16.5 Å². The van der Waals surface area contributed by atoms with Crippen molar-refractivity contribution >= 4 is 28.1 Å². The van der Waals surface area contributed by atoms with E-state index in [0.29, 0.717) is 24.7 Å². The van der Waals surface area contributed by atoms with Crippen LogP contribution in [0.2, 0.25) is 5.02 Å². The number of halogens is 1. The van der Waals surface area contributed by atoms with Crippen molar-refractivity contribution in [1.29, 1.82) is 0 Å². The normalized spacial score (nSPS) is 18.7. The molecule has 1 N–H and O–H groups in total. The van der Waals surface area contributed by atoms with Crippen molar-refractivity contribution in [2.75, 3.05) is 19.6 Å². The van der Waals surface area contributed by atoms with E-state index in [-0.39, 0.29) is 6.04 Å². The summed E-state index contributed by atoms with van der Waals surface area (Å²) in [5, 5.41) is 11.3. The molecule has 7 nitrogen and oxygen atoms in total. The molecule has 0 unspecified atom stereocenters. The lowest BCUT2D eigenvalue weighted by atomic mass is 9.90. The highest BCUT2D eigenvalue weighted by Crippen LogP contribution is 2.38. The fraction of sp³-hybridized carbons (Fsp3) is 0.367. The number of nitrogens with zero attached hydrogens (tertiary/aromatic N) is 3. The van der Waals surface area contributed by atoms with Gasteiger partial charge in [0.05, 0.1) is 11.3 Å². The molecule has 5 rings (SSSR count). The van der Waals surface area contributed by atoms with Gasteiger partial charge in [-0.15, -0.1) is 0 Å². The summed E-state index contributed by atoms with van der Waals surface area (Å²) in [4.78, 5) is 6.88. The molecule has 0 radical (unpaired) electrons. The summed E-state index contributed by atoms with van der Waals surface area (Å²) in [6, 6.07) is 17.1. The van der Waals surface area contributed by atoms with Crippen LogP contribution in [-0.2, 0) is 29.6 Å². The van der Waals surface area contributed by atoms with Gasteiger partial charge in [0.15, 0.2) is 0 Å². The minimum absolute atomic E-state index is 0.0549. The third kappa shape index (κ3) is 6.53. The second kappa shape index (κ2) is 11.8. The van der Waals surface area contributed by atoms with Crippen molar-refractivity contribution in [1.82, 2.24) is 14.2 Å². The number of rotatable bonds is 8. The summed E-state index contributed by atoms with van der Waals surface area (Å²) < 4.78 is 31.9. The molecule has 0 spiro atoms. The van der Waals surface area contributed by atoms with Crippen molar-refractivity contribution in [3.8, 4) is 5.75 Å². The first kappa shape index (κ1) is 27.8. The Labute approximate surface area is 236 Å². The number of fused-ring (bicyclic) bond motifs is 2. The summed E-state index contributed by atoms with van der Waals surface area (Å²) >= 11 is 5.99. The molecule has 0 bridgehead atoms. The van der Waals surface area contributed by atoms with E-state index in [4.69, 9.17) is 16.3 Å². The maximum absolute atomic E-state index is 12.1. The molecule has 1 aromatic heterocycles. The molecule has 206 valence electrons. The van der Waals surface area contributed by atoms with Crippen LogP contribution < -0.4 is 4.74 Å². The van der Waals surface area contributed by atoms with E-state index in [2.05, 4.69) is 22.0 Å². The molecule has 0 saturated carbocycles. The predicted molar refractivity (Wildman–Crippen MR) is 154 cm³/mol. The number of likely N-dealkylation sites (tertiary alicyclic amines) is 1. The Morgan fingerprint density at radius 3 is 2.72 bits per heavy atom. The maximum Gasteiger partial charge on any atom is 0.204 e. The van der Waals surface area contributed by atoms with Crippen LogP contribution in [0.25, 0.3) is 5.57 Å². The van der Waals surface area contributed by atoms with Crippen molar-refractivity contribution in [2.45, 2.75) is 51.5 Å². The lowest BCUT2D eigenvalue weighted by Crippen LogP contribution is -2.36. The molecular formula is C30H34ClN3O4S. The molecule has 3 aromatic rings. The van der Waals surface area contributed by atoms with Crippen LogP contribution in [0.15, 0.2) is 66.9 Å². The fourth-order valence-corrected chi connectivity index (χ4v) is 6.16. The number of aromatic nitrogens is 1. The molecule has 0 amide bonds. The Morgan fingerprint density at radius 1 is 1.18 bits per heavy atom. The van der Waals surface area contributed by atoms with Crippen LogP contribution >= 0.6 is 11.6 Å². The van der Waals surface area contributed by atoms with E-state index in [9.17, 15) is 13.5 Å². The molecule has 39 heavy (non-hydrogen) atoms. The minimum atomic E-state index is -2.70. The molecule has 2 aliphatic heterocycles. The maximum atomic E-state index is 12.1. The summed E-state index contributed by atoms with van der Waals surface area (Å²) in [5.74, 6) is 0.769. The van der Waals surface area contributed by atoms with Gasteiger partial charge in [0.25, 0.3) is 0 Å². The number of pyridine rings is 1. The summed E-state index contributed by atoms with van der Waals surface area (Å²) in [5.41, 5.74) is 4.66. The first-order valence-corrected chi connectivity index (χ1v) is 14.7. The number of aliphatic hydroxyl groups is 1. The van der Waals surface area contributed by atoms with Gasteiger partial charge < -0.3 is 14.7 Å². The monoisotopic (exact) mass is 567 g/mol. The van der Waals surface area contributed by atoms with Crippen LogP contribution in [0.5, 0.6) is 5.75 Å². The number of benzene rings is 2. The van der Waals surface area contributed by atoms with E-state index in [1.54, 1.807) is 36.5 Å². The van der Waals surface area contributed by atoms with Crippen LogP contribution in [0.1, 0.15) is 54.6 Å². The van der Waals surface area contributed by atoms with Gasteiger partial charge in [0.1, 0.15) is 12.4 Å². The summed E-state index contributed by atoms with van der Waals surface area (Å²) in [6.45, 7) is 6.63. The Balaban J connectivity index is 1.33. The van der Waals surface area contributed by atoms with Crippen LogP contribution in [-0.4, -0.2) is 53.4 Å². The van der Waals surface area contributed by atoms with E-state index in [1.807, 2.05) is 36.4 Å². The largest absolute Gasteiger partial charge is 0.487 e. The van der Waals surface area contributed by atoms with Gasteiger partial charge in [-0.05, 0) is 80.3 Å². The molecule has 2 aliphatic rings. The number of ether oxygens (including phenoxy) is 1. The molecule has 9 heteroatoms. The highest BCUT2D eigenvalue weighted by molar-refractivity contribution is 7.69. The van der Waals surface area contributed by atoms with Crippen LogP contribution in [0, 0.1) is 0 Å².